The predicted octanol–water partition coefficient (Wildman–Crippen LogP) is -2.45. The zero-order valence-corrected chi connectivity index (χ0v) is 37.9. The zero-order chi connectivity index (χ0) is 38.5. The molecule has 5 atom stereocenters. The number of rotatable bonds is 19. The van der Waals surface area contributed by atoms with E-state index in [-0.39, 0.29) is 96.4 Å². The Morgan fingerprint density at radius 2 is 1.45 bits per heavy atom. The number of hydrogen-bond donors (Lipinski definition) is 3. The van der Waals surface area contributed by atoms with E-state index >= 15 is 0 Å². The van der Waals surface area contributed by atoms with Crippen LogP contribution in [0, 0.1) is 19.8 Å². The molecule has 288 valence electrons. The molecule has 1 unspecified atom stereocenters. The molecule has 4 amide bonds. The van der Waals surface area contributed by atoms with E-state index in [0.29, 0.717) is 31.7 Å². The monoisotopic (exact) mass is 796 g/mol. The number of aryl methyl sites for hydroxylation is 2. The second kappa shape index (κ2) is 23.8. The van der Waals surface area contributed by atoms with Crippen molar-refractivity contribution in [1.82, 2.24) is 20.9 Å². The van der Waals surface area contributed by atoms with Crippen molar-refractivity contribution < 1.29 is 102 Å². The molecule has 0 saturated carbocycles. The van der Waals surface area contributed by atoms with Gasteiger partial charge in [0.05, 0.1) is 20.0 Å². The van der Waals surface area contributed by atoms with Crippen LogP contribution in [0.5, 0.6) is 5.75 Å². The minimum Gasteiger partial charge on any atom is -0.790 e. The van der Waals surface area contributed by atoms with E-state index in [1.165, 1.54) is 6.92 Å². The quantitative estimate of drug-likeness (QED) is 0.0675. The Hall–Kier alpha value is -2.26. The molecule has 16 heteroatoms. The molecule has 1 aliphatic heterocycles. The van der Waals surface area contributed by atoms with Crippen LogP contribution in [0.1, 0.15) is 55.9 Å². The number of phosphoric ester groups is 1. The van der Waals surface area contributed by atoms with Crippen molar-refractivity contribution in [3.8, 4) is 5.75 Å². The van der Waals surface area contributed by atoms with E-state index in [1.807, 2.05) is 107 Å². The van der Waals surface area contributed by atoms with Crippen LogP contribution in [0.2, 0.25) is 0 Å². The van der Waals surface area contributed by atoms with Gasteiger partial charge in [-0.1, -0.05) is 92.7 Å². The molecule has 1 fully saturated rings. The smallest absolute Gasteiger partial charge is 0.790 e. The number of urea groups is 1. The summed E-state index contributed by atoms with van der Waals surface area (Å²) in [7, 11) is -5.46. The van der Waals surface area contributed by atoms with Gasteiger partial charge in [0.1, 0.15) is 11.8 Å². The molecular formula is C39H51N4Na2O9P. The SMILES string of the molecule is Cc1cccc(C)c1OCC(=O)N[C@@H](Cc1ccccc1)[C@H](C[C@@H](Cc1ccccc1)NC(=O)[C@H](C(C)C)N1CCCNC1=O)OC(C)OP(=O)([O-])[O-].[Na+].[Na+]. The molecule has 0 radical (unpaired) electrons. The first-order valence-electron chi connectivity index (χ1n) is 18.0. The molecular weight excluding hydrogens is 745 g/mol. The molecule has 0 bridgehead atoms. The summed E-state index contributed by atoms with van der Waals surface area (Å²) in [5.74, 6) is -0.461. The Kier molecular flexibility index (Phi) is 21.2. The van der Waals surface area contributed by atoms with E-state index in [2.05, 4.69) is 16.0 Å². The van der Waals surface area contributed by atoms with Crippen molar-refractivity contribution in [2.45, 2.75) is 90.8 Å². The minimum atomic E-state index is -5.46. The first-order chi connectivity index (χ1) is 25.2. The average molecular weight is 797 g/mol. The Labute approximate surface area is 368 Å². The molecule has 3 N–H and O–H groups in total. The van der Waals surface area contributed by atoms with Gasteiger partial charge in [-0.05, 0) is 74.6 Å². The number of amides is 4. The third-order valence-electron chi connectivity index (χ3n) is 9.03. The topological polar surface area (TPSA) is 181 Å². The van der Waals surface area contributed by atoms with Crippen LogP contribution >= 0.6 is 7.82 Å². The third-order valence-corrected chi connectivity index (χ3v) is 9.59. The molecule has 4 rings (SSSR count). The van der Waals surface area contributed by atoms with Gasteiger partial charge in [0.15, 0.2) is 12.9 Å². The Morgan fingerprint density at radius 1 is 0.873 bits per heavy atom. The summed E-state index contributed by atoms with van der Waals surface area (Å²) in [5.41, 5.74) is 3.47. The maximum Gasteiger partial charge on any atom is 1.00 e. The summed E-state index contributed by atoms with van der Waals surface area (Å²) in [4.78, 5) is 65.4. The fraction of sp³-hybridized carbons (Fsp3) is 0.462. The van der Waals surface area contributed by atoms with Gasteiger partial charge in [-0.25, -0.2) is 4.79 Å². The fourth-order valence-corrected chi connectivity index (χ4v) is 7.11. The van der Waals surface area contributed by atoms with Crippen molar-refractivity contribution in [2.24, 2.45) is 5.92 Å². The van der Waals surface area contributed by atoms with Gasteiger partial charge >= 0.3 is 65.1 Å². The van der Waals surface area contributed by atoms with Crippen LogP contribution < -0.4 is 89.6 Å². The molecule has 3 aromatic carbocycles. The van der Waals surface area contributed by atoms with Crippen molar-refractivity contribution in [1.29, 1.82) is 0 Å². The zero-order valence-electron chi connectivity index (χ0n) is 33.0. The van der Waals surface area contributed by atoms with E-state index in [0.717, 1.165) is 22.3 Å². The number of benzene rings is 3. The first-order valence-corrected chi connectivity index (χ1v) is 19.4. The summed E-state index contributed by atoms with van der Waals surface area (Å²) in [6.07, 6.45) is -1.18. The van der Waals surface area contributed by atoms with Crippen LogP contribution in [0.3, 0.4) is 0 Å². The van der Waals surface area contributed by atoms with Crippen LogP contribution in [-0.2, 0) is 36.3 Å². The molecule has 1 heterocycles. The molecule has 0 aromatic heterocycles. The molecule has 1 aliphatic rings. The fourth-order valence-electron chi connectivity index (χ4n) is 6.70. The number of nitrogens with one attached hydrogen (secondary N) is 3. The molecule has 3 aromatic rings. The van der Waals surface area contributed by atoms with E-state index in [4.69, 9.17) is 14.0 Å². The standard InChI is InChI=1S/C39H53N4O9P.2Na/c1-26(2)36(43-21-13-20-40-39(43)46)38(45)41-32(22-30-16-8-6-9-17-30)24-34(51-29(5)52-53(47,48)49)33(23-31-18-10-7-11-19-31)42-35(44)25-50-37-27(3)14-12-15-28(37)4;;/h6-12,14-19,26,29,32-34,36H,13,20-25H2,1-5H3,(H,40,46)(H,41,45)(H,42,44)(H2,47,48,49);;/q;2*+1/p-2/t29?,32-,33+,34+,36+;;/m1../s1. The maximum absolute atomic E-state index is 14.1. The van der Waals surface area contributed by atoms with Crippen LogP contribution in [-0.4, -0.2) is 73.0 Å². The van der Waals surface area contributed by atoms with Crippen LogP contribution in [0.4, 0.5) is 4.79 Å². The number of carbonyl (C=O) groups excluding carboxylic acids is 3. The van der Waals surface area contributed by atoms with E-state index in [9.17, 15) is 28.7 Å². The van der Waals surface area contributed by atoms with Crippen LogP contribution in [0.25, 0.3) is 0 Å². The van der Waals surface area contributed by atoms with Crippen LogP contribution in [0.15, 0.2) is 78.9 Å². The van der Waals surface area contributed by atoms with E-state index in [1.54, 1.807) is 4.90 Å². The largest absolute Gasteiger partial charge is 1.00 e. The molecule has 0 spiro atoms. The molecule has 0 aliphatic carbocycles. The summed E-state index contributed by atoms with van der Waals surface area (Å²) in [5, 5.41) is 8.99. The van der Waals surface area contributed by atoms with Gasteiger partial charge in [0, 0.05) is 19.1 Å². The number of carbonyl (C=O) groups is 3. The second-order valence-corrected chi connectivity index (χ2v) is 14.9. The minimum absolute atomic E-state index is 0. The number of hydrogen-bond acceptors (Lipinski definition) is 9. The summed E-state index contributed by atoms with van der Waals surface area (Å²) in [6.45, 7) is 9.44. The summed E-state index contributed by atoms with van der Waals surface area (Å²) >= 11 is 0. The molecule has 55 heavy (non-hydrogen) atoms. The summed E-state index contributed by atoms with van der Waals surface area (Å²) in [6, 6.07) is 21.9. The number of phosphoric acid groups is 1. The van der Waals surface area contributed by atoms with Crippen molar-refractivity contribution in [3.63, 3.8) is 0 Å². The summed E-state index contributed by atoms with van der Waals surface area (Å²) < 4.78 is 28.5. The number of para-hydroxylation sites is 1. The Balaban J connectivity index is 0.00000523. The van der Waals surface area contributed by atoms with Crippen molar-refractivity contribution >= 4 is 25.7 Å². The normalized spacial score (nSPS) is 15.6. The number of nitrogens with zero attached hydrogens (tertiary/aromatic N) is 1. The third kappa shape index (κ3) is 16.3. The number of ether oxygens (including phenoxy) is 2. The van der Waals surface area contributed by atoms with Gasteiger partial charge in [-0.3, -0.25) is 9.59 Å². The second-order valence-electron chi connectivity index (χ2n) is 13.8. The Bertz CT molecular complexity index is 1680. The maximum atomic E-state index is 14.1. The van der Waals surface area contributed by atoms with Crippen molar-refractivity contribution in [2.75, 3.05) is 19.7 Å². The molecule has 1 saturated heterocycles. The first kappa shape index (κ1) is 48.9. The molecule has 13 nitrogen and oxygen atoms in total. The van der Waals surface area contributed by atoms with Gasteiger partial charge in [-0.15, -0.1) is 0 Å². The Morgan fingerprint density at radius 3 is 2.00 bits per heavy atom. The van der Waals surface area contributed by atoms with Crippen molar-refractivity contribution in [3.05, 3.63) is 101 Å². The van der Waals surface area contributed by atoms with Gasteiger partial charge in [0.2, 0.25) is 5.91 Å². The average Bonchev–Trinajstić information content (AvgIpc) is 3.08. The predicted molar refractivity (Wildman–Crippen MR) is 197 cm³/mol. The van der Waals surface area contributed by atoms with Gasteiger partial charge < -0.3 is 49.2 Å². The van der Waals surface area contributed by atoms with Gasteiger partial charge in [0.25, 0.3) is 5.91 Å². The van der Waals surface area contributed by atoms with Gasteiger partial charge in [-0.2, -0.15) is 0 Å². The van der Waals surface area contributed by atoms with E-state index < -0.39 is 44.2 Å².